The van der Waals surface area contributed by atoms with Crippen LogP contribution in [0.1, 0.15) is 31.2 Å². The van der Waals surface area contributed by atoms with Crippen LogP contribution in [0.5, 0.6) is 0 Å². The van der Waals surface area contributed by atoms with E-state index in [1.54, 1.807) is 12.1 Å². The highest BCUT2D eigenvalue weighted by Crippen LogP contribution is 2.59. The quantitative estimate of drug-likeness (QED) is 0.725. The summed E-state index contributed by atoms with van der Waals surface area (Å²) in [5.74, 6) is -0.269. The van der Waals surface area contributed by atoms with Gasteiger partial charge in [-0.3, -0.25) is 4.31 Å². The number of nitrogens with two attached hydrogens (primary N) is 1. The Morgan fingerprint density at radius 2 is 1.67 bits per heavy atom. The number of benzene rings is 2. The average molecular weight is 451 g/mol. The third-order valence-electron chi connectivity index (χ3n) is 6.77. The number of rotatable bonds is 3. The lowest BCUT2D eigenvalue weighted by Gasteiger charge is -2.41. The first-order valence-corrected chi connectivity index (χ1v) is 13.3. The molecular formula is C21H23FN2O4S2. The van der Waals surface area contributed by atoms with Crippen LogP contribution in [-0.2, 0) is 25.3 Å². The van der Waals surface area contributed by atoms with E-state index in [4.69, 9.17) is 5.73 Å². The van der Waals surface area contributed by atoms with Gasteiger partial charge in [0.05, 0.1) is 28.1 Å². The van der Waals surface area contributed by atoms with Crippen molar-refractivity contribution in [2.45, 2.75) is 42.0 Å². The third-order valence-corrected chi connectivity index (χ3v) is 10.2. The van der Waals surface area contributed by atoms with Crippen molar-refractivity contribution in [2.75, 3.05) is 21.5 Å². The zero-order chi connectivity index (χ0) is 21.3. The fourth-order valence-electron chi connectivity index (χ4n) is 5.20. The second-order valence-corrected chi connectivity index (χ2v) is 12.7. The molecule has 2 N–H and O–H groups in total. The summed E-state index contributed by atoms with van der Waals surface area (Å²) in [6, 6.07) is 9.68. The first-order chi connectivity index (χ1) is 14.1. The standard InChI is InChI=1S/C21H23FN2O4S2/c22-15-3-6-17(7-4-15)30(27,28)24-19-8-5-16(23)13-18(19)21(20(24)14-1-2-14)9-11-29(25,26)12-10-21/h3-8,13-14,20H,1-2,9-12,23H2. The van der Waals surface area contributed by atoms with Gasteiger partial charge in [-0.2, -0.15) is 0 Å². The number of anilines is 2. The van der Waals surface area contributed by atoms with Crippen molar-refractivity contribution >= 4 is 31.2 Å². The van der Waals surface area contributed by atoms with Gasteiger partial charge in [-0.25, -0.2) is 21.2 Å². The number of hydrogen-bond donors (Lipinski definition) is 1. The molecule has 2 fully saturated rings. The van der Waals surface area contributed by atoms with Crippen molar-refractivity contribution < 1.29 is 21.2 Å². The van der Waals surface area contributed by atoms with Crippen molar-refractivity contribution in [3.63, 3.8) is 0 Å². The van der Waals surface area contributed by atoms with Crippen LogP contribution in [0.25, 0.3) is 0 Å². The zero-order valence-corrected chi connectivity index (χ0v) is 17.9. The molecule has 1 atom stereocenters. The van der Waals surface area contributed by atoms with Gasteiger partial charge in [-0.05, 0) is 79.6 Å². The summed E-state index contributed by atoms with van der Waals surface area (Å²) < 4.78 is 66.8. The molecule has 3 aliphatic rings. The molecule has 6 nitrogen and oxygen atoms in total. The van der Waals surface area contributed by atoms with E-state index in [1.165, 1.54) is 16.4 Å². The van der Waals surface area contributed by atoms with E-state index in [0.717, 1.165) is 30.5 Å². The molecule has 30 heavy (non-hydrogen) atoms. The number of sulfone groups is 1. The Morgan fingerprint density at radius 1 is 1.03 bits per heavy atom. The average Bonchev–Trinajstić information content (AvgIpc) is 3.49. The van der Waals surface area contributed by atoms with Crippen molar-refractivity contribution in [2.24, 2.45) is 5.92 Å². The predicted molar refractivity (Wildman–Crippen MR) is 113 cm³/mol. The first-order valence-electron chi connectivity index (χ1n) is 10.0. The molecule has 1 unspecified atom stereocenters. The molecule has 2 aliphatic heterocycles. The van der Waals surface area contributed by atoms with Crippen molar-refractivity contribution in [3.05, 3.63) is 53.8 Å². The van der Waals surface area contributed by atoms with Gasteiger partial charge in [0.2, 0.25) is 0 Å². The van der Waals surface area contributed by atoms with Crippen LogP contribution in [0.2, 0.25) is 0 Å². The van der Waals surface area contributed by atoms with Gasteiger partial charge in [-0.15, -0.1) is 0 Å². The first kappa shape index (κ1) is 19.8. The smallest absolute Gasteiger partial charge is 0.264 e. The van der Waals surface area contributed by atoms with Gasteiger partial charge in [-0.1, -0.05) is 0 Å². The fraction of sp³-hybridized carbons (Fsp3) is 0.429. The van der Waals surface area contributed by atoms with Crippen LogP contribution in [0.15, 0.2) is 47.4 Å². The molecule has 0 amide bonds. The van der Waals surface area contributed by atoms with Crippen LogP contribution in [0.3, 0.4) is 0 Å². The minimum absolute atomic E-state index is 0.0257. The molecule has 1 spiro atoms. The third kappa shape index (κ3) is 2.93. The minimum Gasteiger partial charge on any atom is -0.399 e. The van der Waals surface area contributed by atoms with Gasteiger partial charge in [0, 0.05) is 11.1 Å². The van der Waals surface area contributed by atoms with Gasteiger partial charge >= 0.3 is 0 Å². The monoisotopic (exact) mass is 450 g/mol. The summed E-state index contributed by atoms with van der Waals surface area (Å²) in [6.45, 7) is 0. The normalized spacial score (nSPS) is 24.7. The van der Waals surface area contributed by atoms with E-state index in [1.807, 2.05) is 6.07 Å². The minimum atomic E-state index is -3.96. The number of halogens is 1. The zero-order valence-electron chi connectivity index (χ0n) is 16.3. The SMILES string of the molecule is Nc1ccc2c(c1)C1(CCS(=O)(=O)CC1)C(C1CC1)N2S(=O)(=O)c1ccc(F)cc1. The number of nitrogen functional groups attached to an aromatic ring is 1. The van der Waals surface area contributed by atoms with E-state index in [2.05, 4.69) is 0 Å². The Labute approximate surface area is 175 Å². The van der Waals surface area contributed by atoms with E-state index in [0.29, 0.717) is 24.2 Å². The van der Waals surface area contributed by atoms with Crippen molar-refractivity contribution in [1.82, 2.24) is 0 Å². The molecule has 1 aliphatic carbocycles. The topological polar surface area (TPSA) is 97.5 Å². The molecule has 5 rings (SSSR count). The van der Waals surface area contributed by atoms with Crippen LogP contribution < -0.4 is 10.0 Å². The van der Waals surface area contributed by atoms with Crippen molar-refractivity contribution in [1.29, 1.82) is 0 Å². The highest BCUT2D eigenvalue weighted by molar-refractivity contribution is 7.93. The summed E-state index contributed by atoms with van der Waals surface area (Å²) in [7, 11) is -7.10. The molecule has 0 aromatic heterocycles. The highest BCUT2D eigenvalue weighted by atomic mass is 32.2. The van der Waals surface area contributed by atoms with Crippen LogP contribution in [0, 0.1) is 11.7 Å². The lowest BCUT2D eigenvalue weighted by atomic mass is 9.70. The molecule has 1 saturated heterocycles. The summed E-state index contributed by atoms with van der Waals surface area (Å²) >= 11 is 0. The maximum absolute atomic E-state index is 13.7. The van der Waals surface area contributed by atoms with Crippen LogP contribution in [-0.4, -0.2) is 34.4 Å². The molecule has 0 radical (unpaired) electrons. The predicted octanol–water partition coefficient (Wildman–Crippen LogP) is 2.84. The summed E-state index contributed by atoms with van der Waals surface area (Å²) in [5.41, 5.74) is 7.39. The maximum atomic E-state index is 13.7. The second kappa shape index (κ2) is 6.43. The summed E-state index contributed by atoms with van der Waals surface area (Å²) in [5, 5.41) is 0. The Morgan fingerprint density at radius 3 is 2.27 bits per heavy atom. The largest absolute Gasteiger partial charge is 0.399 e. The van der Waals surface area contributed by atoms with E-state index >= 15 is 0 Å². The molecular weight excluding hydrogens is 427 g/mol. The van der Waals surface area contributed by atoms with Gasteiger partial charge < -0.3 is 5.73 Å². The molecule has 2 heterocycles. The number of fused-ring (bicyclic) bond motifs is 2. The number of sulfonamides is 1. The molecule has 9 heteroatoms. The van der Waals surface area contributed by atoms with Crippen LogP contribution >= 0.6 is 0 Å². The molecule has 2 aromatic rings. The van der Waals surface area contributed by atoms with Gasteiger partial charge in [0.25, 0.3) is 10.0 Å². The molecule has 0 bridgehead atoms. The van der Waals surface area contributed by atoms with E-state index < -0.39 is 31.1 Å². The second-order valence-electron chi connectivity index (χ2n) is 8.62. The summed E-state index contributed by atoms with van der Waals surface area (Å²) in [4.78, 5) is 0.0257. The highest BCUT2D eigenvalue weighted by Gasteiger charge is 2.60. The van der Waals surface area contributed by atoms with E-state index in [9.17, 15) is 21.2 Å². The molecule has 160 valence electrons. The van der Waals surface area contributed by atoms with Gasteiger partial charge in [0.1, 0.15) is 15.7 Å². The number of nitrogens with zero attached hydrogens (tertiary/aromatic N) is 1. The van der Waals surface area contributed by atoms with Crippen LogP contribution in [0.4, 0.5) is 15.8 Å². The fourth-order valence-corrected chi connectivity index (χ4v) is 8.55. The Balaban J connectivity index is 1.71. The Hall–Kier alpha value is -2.13. The maximum Gasteiger partial charge on any atom is 0.264 e. The lowest BCUT2D eigenvalue weighted by Crippen LogP contribution is -2.52. The lowest BCUT2D eigenvalue weighted by molar-refractivity contribution is 0.309. The molecule has 2 aromatic carbocycles. The Kier molecular flexibility index (Phi) is 4.25. The van der Waals surface area contributed by atoms with E-state index in [-0.39, 0.29) is 28.4 Å². The Bertz CT molecular complexity index is 1210. The van der Waals surface area contributed by atoms with Gasteiger partial charge in [0.15, 0.2) is 0 Å². The van der Waals surface area contributed by atoms with Crippen molar-refractivity contribution in [3.8, 4) is 0 Å². The molecule has 1 saturated carbocycles. The summed E-state index contributed by atoms with van der Waals surface area (Å²) in [6.07, 6.45) is 2.56. The number of hydrogen-bond acceptors (Lipinski definition) is 5.